The number of halogens is 2. The normalized spacial score (nSPS) is 26.3. The molecular weight excluding hydrogens is 358 g/mol. The second-order valence-electron chi connectivity index (χ2n) is 7.11. The highest BCUT2D eigenvalue weighted by molar-refractivity contribution is 5.98. The quantitative estimate of drug-likeness (QED) is 0.791. The van der Waals surface area contributed by atoms with Gasteiger partial charge in [0.15, 0.2) is 0 Å². The Kier molecular flexibility index (Phi) is 6.26. The third-order valence-electron chi connectivity index (χ3n) is 5.33. The Hall–Kier alpha value is -2.22. The minimum atomic E-state index is -2.88. The number of hydrogen-bond acceptors (Lipinski definition) is 4. The van der Waals surface area contributed by atoms with Crippen molar-refractivity contribution in [3.8, 4) is 5.75 Å². The van der Waals surface area contributed by atoms with Gasteiger partial charge in [0.2, 0.25) is 5.91 Å². The van der Waals surface area contributed by atoms with Crippen LogP contribution in [0.1, 0.15) is 38.5 Å². The van der Waals surface area contributed by atoms with Crippen molar-refractivity contribution >= 4 is 17.6 Å². The molecule has 1 heterocycles. The second-order valence-corrected chi connectivity index (χ2v) is 7.11. The summed E-state index contributed by atoms with van der Waals surface area (Å²) in [6, 6.07) is 5.92. The zero-order valence-corrected chi connectivity index (χ0v) is 14.9. The lowest BCUT2D eigenvalue weighted by molar-refractivity contribution is -0.143. The summed E-state index contributed by atoms with van der Waals surface area (Å²) in [4.78, 5) is 25.6. The van der Waals surface area contributed by atoms with E-state index in [2.05, 4.69) is 10.1 Å². The highest BCUT2D eigenvalue weighted by atomic mass is 19.3. The highest BCUT2D eigenvalue weighted by Gasteiger charge is 2.33. The van der Waals surface area contributed by atoms with Crippen molar-refractivity contribution < 1.29 is 28.2 Å². The molecule has 6 nitrogen and oxygen atoms in total. The molecule has 27 heavy (non-hydrogen) atoms. The van der Waals surface area contributed by atoms with Crippen molar-refractivity contribution in [2.24, 2.45) is 5.92 Å². The molecule has 0 spiro atoms. The summed E-state index contributed by atoms with van der Waals surface area (Å²) in [5.41, 5.74) is 0.655. The van der Waals surface area contributed by atoms with Crippen LogP contribution in [0.4, 0.5) is 14.5 Å². The number of piperidine rings is 1. The van der Waals surface area contributed by atoms with Gasteiger partial charge in [-0.1, -0.05) is 0 Å². The first kappa shape index (κ1) is 19.5. The summed E-state index contributed by atoms with van der Waals surface area (Å²) in [5, 5.41) is 12.5. The lowest BCUT2D eigenvalue weighted by Gasteiger charge is -2.36. The van der Waals surface area contributed by atoms with Gasteiger partial charge >= 0.3 is 12.6 Å². The first-order chi connectivity index (χ1) is 12.9. The van der Waals surface area contributed by atoms with Crippen LogP contribution in [0.5, 0.6) is 5.75 Å². The van der Waals surface area contributed by atoms with E-state index in [1.54, 1.807) is 17.0 Å². The van der Waals surface area contributed by atoms with Crippen LogP contribution in [0.3, 0.4) is 0 Å². The number of benzene rings is 1. The first-order valence-corrected chi connectivity index (χ1v) is 9.29. The van der Waals surface area contributed by atoms with Gasteiger partial charge in [-0.25, -0.2) is 0 Å². The summed E-state index contributed by atoms with van der Waals surface area (Å²) < 4.78 is 28.8. The Labute approximate surface area is 156 Å². The summed E-state index contributed by atoms with van der Waals surface area (Å²) in [6.07, 6.45) is 4.33. The number of alkyl halides is 2. The van der Waals surface area contributed by atoms with E-state index in [0.717, 1.165) is 25.7 Å². The van der Waals surface area contributed by atoms with Crippen LogP contribution in [0.25, 0.3) is 0 Å². The number of aliphatic carboxylic acids is 1. The number of rotatable bonds is 6. The zero-order valence-electron chi connectivity index (χ0n) is 14.9. The van der Waals surface area contributed by atoms with Gasteiger partial charge in [0.1, 0.15) is 5.75 Å². The van der Waals surface area contributed by atoms with Crippen LogP contribution in [0, 0.1) is 5.92 Å². The number of amides is 1. The van der Waals surface area contributed by atoms with Crippen LogP contribution in [-0.2, 0) is 9.59 Å². The predicted octanol–water partition coefficient (Wildman–Crippen LogP) is 3.02. The van der Waals surface area contributed by atoms with Gasteiger partial charge in [-0.3, -0.25) is 9.59 Å². The van der Waals surface area contributed by atoms with E-state index in [9.17, 15) is 18.4 Å². The van der Waals surface area contributed by atoms with Gasteiger partial charge in [0.25, 0.3) is 0 Å². The minimum absolute atomic E-state index is 0.0378. The molecular formula is C19H24F2N2O4. The van der Waals surface area contributed by atoms with E-state index < -0.39 is 12.6 Å². The Balaban J connectivity index is 1.58. The molecule has 2 N–H and O–H groups in total. The molecule has 1 atom stereocenters. The number of carbonyl (C=O) groups is 2. The Morgan fingerprint density at radius 1 is 1.15 bits per heavy atom. The Morgan fingerprint density at radius 2 is 1.81 bits per heavy atom. The van der Waals surface area contributed by atoms with Crippen molar-refractivity contribution in [1.29, 1.82) is 0 Å². The number of nitrogens with zero attached hydrogens (tertiary/aromatic N) is 1. The fourth-order valence-corrected chi connectivity index (χ4v) is 3.89. The summed E-state index contributed by atoms with van der Waals surface area (Å²) in [5.74, 6) is -1.00. The highest BCUT2D eigenvalue weighted by Crippen LogP contribution is 2.28. The van der Waals surface area contributed by atoms with Crippen molar-refractivity contribution in [3.63, 3.8) is 0 Å². The van der Waals surface area contributed by atoms with Crippen LogP contribution >= 0.6 is 0 Å². The summed E-state index contributed by atoms with van der Waals surface area (Å²) >= 11 is 0. The van der Waals surface area contributed by atoms with E-state index in [1.165, 1.54) is 12.1 Å². The molecule has 1 aliphatic heterocycles. The number of carboxylic acids is 1. The lowest BCUT2D eigenvalue weighted by atomic mass is 9.85. The molecule has 3 rings (SSSR count). The number of carboxylic acid groups (broad SMARTS) is 1. The van der Waals surface area contributed by atoms with Gasteiger partial charge in [0, 0.05) is 18.3 Å². The van der Waals surface area contributed by atoms with Crippen LogP contribution < -0.4 is 15.0 Å². The van der Waals surface area contributed by atoms with Gasteiger partial charge in [-0.15, -0.1) is 0 Å². The predicted molar refractivity (Wildman–Crippen MR) is 95.0 cm³/mol. The van der Waals surface area contributed by atoms with Crippen LogP contribution in [0.15, 0.2) is 24.3 Å². The number of ether oxygens (including phenoxy) is 1. The monoisotopic (exact) mass is 382 g/mol. The third-order valence-corrected chi connectivity index (χ3v) is 5.33. The first-order valence-electron chi connectivity index (χ1n) is 9.29. The maximum Gasteiger partial charge on any atom is 0.387 e. The van der Waals surface area contributed by atoms with E-state index in [1.807, 2.05) is 0 Å². The molecule has 2 fully saturated rings. The van der Waals surface area contributed by atoms with Gasteiger partial charge < -0.3 is 20.1 Å². The molecule has 148 valence electrons. The van der Waals surface area contributed by atoms with Gasteiger partial charge in [-0.05, 0) is 62.8 Å². The zero-order chi connectivity index (χ0) is 19.4. The second kappa shape index (κ2) is 8.65. The largest absolute Gasteiger partial charge is 0.481 e. The number of nitrogens with one attached hydrogen (secondary N) is 1. The third kappa shape index (κ3) is 4.94. The topological polar surface area (TPSA) is 78.9 Å². The lowest BCUT2D eigenvalue weighted by Crippen LogP contribution is -2.54. The van der Waals surface area contributed by atoms with Gasteiger partial charge in [0.05, 0.1) is 12.0 Å². The molecule has 8 heteroatoms. The van der Waals surface area contributed by atoms with Crippen LogP contribution in [0.2, 0.25) is 0 Å². The average Bonchev–Trinajstić information content (AvgIpc) is 2.64. The molecule has 1 aliphatic carbocycles. The van der Waals surface area contributed by atoms with Crippen molar-refractivity contribution in [3.05, 3.63) is 24.3 Å². The molecule has 0 aromatic heterocycles. The Morgan fingerprint density at radius 3 is 2.41 bits per heavy atom. The van der Waals surface area contributed by atoms with Crippen molar-refractivity contribution in [2.45, 2.75) is 57.2 Å². The molecule has 1 saturated carbocycles. The number of carbonyl (C=O) groups excluding carboxylic acids is 1. The maximum atomic E-state index is 12.9. The van der Waals surface area contributed by atoms with E-state index >= 15 is 0 Å². The van der Waals surface area contributed by atoms with E-state index in [-0.39, 0.29) is 29.7 Å². The molecule has 1 amide bonds. The number of hydrogen-bond donors (Lipinski definition) is 2. The fraction of sp³-hybridized carbons (Fsp3) is 0.579. The van der Waals surface area contributed by atoms with Crippen LogP contribution in [-0.4, -0.2) is 42.2 Å². The maximum absolute atomic E-state index is 12.9. The molecule has 1 aromatic carbocycles. The molecule has 0 radical (unpaired) electrons. The Bertz CT molecular complexity index is 660. The molecule has 1 saturated heterocycles. The van der Waals surface area contributed by atoms with E-state index in [0.29, 0.717) is 25.1 Å². The molecule has 1 aromatic rings. The SMILES string of the molecule is O=C(O)C1CCC(NC2CCCN(c3ccc(OC(F)F)cc3)C2=O)CC1. The summed E-state index contributed by atoms with van der Waals surface area (Å²) in [6.45, 7) is -2.30. The minimum Gasteiger partial charge on any atom is -0.481 e. The average molecular weight is 382 g/mol. The molecule has 0 bridgehead atoms. The molecule has 2 aliphatic rings. The van der Waals surface area contributed by atoms with Crippen molar-refractivity contribution in [1.82, 2.24) is 5.32 Å². The summed E-state index contributed by atoms with van der Waals surface area (Å²) in [7, 11) is 0. The standard InChI is InChI=1S/C19H24F2N2O4/c20-19(21)27-15-9-7-14(8-10-15)23-11-1-2-16(17(23)24)22-13-5-3-12(4-6-13)18(25)26/h7-10,12-13,16,19,22H,1-6,11H2,(H,25,26). The van der Waals surface area contributed by atoms with Crippen molar-refractivity contribution in [2.75, 3.05) is 11.4 Å². The molecule has 1 unspecified atom stereocenters. The fourth-order valence-electron chi connectivity index (χ4n) is 3.89. The van der Waals surface area contributed by atoms with Gasteiger partial charge in [-0.2, -0.15) is 8.78 Å². The number of anilines is 1. The van der Waals surface area contributed by atoms with E-state index in [4.69, 9.17) is 5.11 Å². The smallest absolute Gasteiger partial charge is 0.387 e.